The van der Waals surface area contributed by atoms with E-state index in [0.717, 1.165) is 24.9 Å². The second-order valence-corrected chi connectivity index (χ2v) is 5.26. The number of benzene rings is 1. The monoisotopic (exact) mass is 309 g/mol. The molecular weight excluding hydrogens is 290 g/mol. The van der Waals surface area contributed by atoms with Gasteiger partial charge in [0.2, 0.25) is 0 Å². The fraction of sp³-hybridized carbons (Fsp3) is 0.467. The molecule has 6 heteroatoms. The van der Waals surface area contributed by atoms with Gasteiger partial charge in [-0.05, 0) is 25.1 Å². The minimum Gasteiger partial charge on any atom is -0.395 e. The molecule has 114 valence electrons. The lowest BCUT2D eigenvalue weighted by Crippen LogP contribution is -2.28. The molecule has 21 heavy (non-hydrogen) atoms. The molecule has 0 radical (unpaired) electrons. The first-order chi connectivity index (χ1) is 10.2. The Morgan fingerprint density at radius 3 is 2.81 bits per heavy atom. The molecule has 2 aromatic rings. The second kappa shape index (κ2) is 8.12. The van der Waals surface area contributed by atoms with E-state index in [2.05, 4.69) is 22.0 Å². The Morgan fingerprint density at radius 2 is 2.10 bits per heavy atom. The predicted molar refractivity (Wildman–Crippen MR) is 82.0 cm³/mol. The van der Waals surface area contributed by atoms with Crippen LogP contribution >= 0.6 is 11.6 Å². The molecule has 0 saturated carbocycles. The molecule has 0 fully saturated rings. The first-order valence-electron chi connectivity index (χ1n) is 7.15. The van der Waals surface area contributed by atoms with E-state index < -0.39 is 0 Å². The van der Waals surface area contributed by atoms with Gasteiger partial charge >= 0.3 is 0 Å². The number of aromatic nitrogens is 2. The molecule has 1 aromatic heterocycles. The van der Waals surface area contributed by atoms with E-state index in [0.29, 0.717) is 29.8 Å². The van der Waals surface area contributed by atoms with Gasteiger partial charge in [-0.25, -0.2) is 0 Å². The predicted octanol–water partition coefficient (Wildman–Crippen LogP) is 2.98. The number of aliphatic hydroxyl groups is 1. The summed E-state index contributed by atoms with van der Waals surface area (Å²) in [4.78, 5) is 6.50. The molecule has 0 unspecified atom stereocenters. The van der Waals surface area contributed by atoms with E-state index in [1.54, 1.807) is 6.07 Å². The maximum atomic E-state index is 9.11. The van der Waals surface area contributed by atoms with Crippen molar-refractivity contribution >= 4 is 11.6 Å². The summed E-state index contributed by atoms with van der Waals surface area (Å²) < 4.78 is 5.28. The van der Waals surface area contributed by atoms with E-state index in [-0.39, 0.29) is 6.61 Å². The fourth-order valence-electron chi connectivity index (χ4n) is 2.06. The van der Waals surface area contributed by atoms with E-state index in [9.17, 15) is 0 Å². The number of unbranched alkanes of at least 4 members (excludes halogenated alkanes) is 1. The second-order valence-electron chi connectivity index (χ2n) is 4.85. The number of halogens is 1. The number of rotatable bonds is 8. The van der Waals surface area contributed by atoms with Crippen LogP contribution in [-0.2, 0) is 6.54 Å². The van der Waals surface area contributed by atoms with Crippen LogP contribution in [0.4, 0.5) is 0 Å². The molecular formula is C15H20ClN3O2. The lowest BCUT2D eigenvalue weighted by Gasteiger charge is -2.18. The number of nitrogens with zero attached hydrogens (tertiary/aromatic N) is 3. The van der Waals surface area contributed by atoms with Crippen LogP contribution in [0.25, 0.3) is 11.5 Å². The molecule has 0 aliphatic carbocycles. The summed E-state index contributed by atoms with van der Waals surface area (Å²) in [6.07, 6.45) is 2.19. The summed E-state index contributed by atoms with van der Waals surface area (Å²) in [7, 11) is 0. The summed E-state index contributed by atoms with van der Waals surface area (Å²) in [5.74, 6) is 1.03. The minimum absolute atomic E-state index is 0.124. The molecule has 2 rings (SSSR count). The minimum atomic E-state index is 0.124. The van der Waals surface area contributed by atoms with Crippen LogP contribution < -0.4 is 0 Å². The molecule has 1 heterocycles. The zero-order valence-corrected chi connectivity index (χ0v) is 12.9. The van der Waals surface area contributed by atoms with Crippen molar-refractivity contribution in [3.8, 4) is 11.5 Å². The number of hydrogen-bond acceptors (Lipinski definition) is 5. The average Bonchev–Trinajstić information content (AvgIpc) is 2.94. The molecule has 1 aromatic carbocycles. The van der Waals surface area contributed by atoms with Gasteiger partial charge in [0.15, 0.2) is 5.82 Å². The Kier molecular flexibility index (Phi) is 6.17. The van der Waals surface area contributed by atoms with Crippen molar-refractivity contribution in [1.82, 2.24) is 15.0 Å². The molecule has 0 aliphatic rings. The largest absolute Gasteiger partial charge is 0.395 e. The van der Waals surface area contributed by atoms with Crippen LogP contribution in [0, 0.1) is 0 Å². The first-order valence-corrected chi connectivity index (χ1v) is 7.53. The molecule has 0 atom stereocenters. The third-order valence-electron chi connectivity index (χ3n) is 3.18. The van der Waals surface area contributed by atoms with Crippen molar-refractivity contribution < 1.29 is 9.63 Å². The van der Waals surface area contributed by atoms with Gasteiger partial charge < -0.3 is 9.63 Å². The Balaban J connectivity index is 2.06. The van der Waals surface area contributed by atoms with Gasteiger partial charge in [0.05, 0.1) is 23.7 Å². The van der Waals surface area contributed by atoms with Gasteiger partial charge in [-0.3, -0.25) is 4.90 Å². The molecule has 5 nitrogen and oxygen atoms in total. The van der Waals surface area contributed by atoms with Gasteiger partial charge in [0.1, 0.15) is 0 Å². The topological polar surface area (TPSA) is 62.4 Å². The standard InChI is InChI=1S/C15H20ClN3O2/c1-2-3-8-19(9-10-20)11-14-17-15(21-18-14)12-6-4-5-7-13(12)16/h4-7,20H,2-3,8-11H2,1H3. The zero-order chi connectivity index (χ0) is 15.1. The Hall–Kier alpha value is -1.43. The lowest BCUT2D eigenvalue weighted by molar-refractivity contribution is 0.184. The Bertz CT molecular complexity index is 559. The van der Waals surface area contributed by atoms with E-state index in [1.165, 1.54) is 0 Å². The van der Waals surface area contributed by atoms with Crippen molar-refractivity contribution in [2.45, 2.75) is 26.3 Å². The quantitative estimate of drug-likeness (QED) is 0.812. The number of aliphatic hydroxyl groups excluding tert-OH is 1. The zero-order valence-electron chi connectivity index (χ0n) is 12.1. The molecule has 0 saturated heterocycles. The molecule has 1 N–H and O–H groups in total. The smallest absolute Gasteiger partial charge is 0.259 e. The summed E-state index contributed by atoms with van der Waals surface area (Å²) in [5, 5.41) is 13.7. The summed E-state index contributed by atoms with van der Waals surface area (Å²) in [5.41, 5.74) is 0.736. The van der Waals surface area contributed by atoms with Gasteiger partial charge in [0.25, 0.3) is 5.89 Å². The normalized spacial score (nSPS) is 11.2. The SMILES string of the molecule is CCCCN(CCO)Cc1noc(-c2ccccc2Cl)n1. The van der Waals surface area contributed by atoms with Gasteiger partial charge in [-0.15, -0.1) is 0 Å². The highest BCUT2D eigenvalue weighted by molar-refractivity contribution is 6.33. The van der Waals surface area contributed by atoms with Gasteiger partial charge in [0, 0.05) is 6.54 Å². The van der Waals surface area contributed by atoms with Crippen LogP contribution in [-0.4, -0.2) is 39.8 Å². The van der Waals surface area contributed by atoms with Crippen molar-refractivity contribution in [1.29, 1.82) is 0 Å². The van der Waals surface area contributed by atoms with Crippen LogP contribution in [0.3, 0.4) is 0 Å². The van der Waals surface area contributed by atoms with Crippen molar-refractivity contribution in [3.63, 3.8) is 0 Å². The van der Waals surface area contributed by atoms with Crippen LogP contribution in [0.2, 0.25) is 5.02 Å². The average molecular weight is 310 g/mol. The lowest BCUT2D eigenvalue weighted by atomic mass is 10.2. The fourth-order valence-corrected chi connectivity index (χ4v) is 2.27. The summed E-state index contributed by atoms with van der Waals surface area (Å²) in [6, 6.07) is 7.38. The molecule has 0 aliphatic heterocycles. The highest BCUT2D eigenvalue weighted by atomic mass is 35.5. The summed E-state index contributed by atoms with van der Waals surface area (Å²) >= 11 is 6.12. The van der Waals surface area contributed by atoms with Gasteiger partial charge in [-0.1, -0.05) is 42.2 Å². The van der Waals surface area contributed by atoms with Crippen molar-refractivity contribution in [2.24, 2.45) is 0 Å². The molecule has 0 bridgehead atoms. The van der Waals surface area contributed by atoms with Crippen molar-refractivity contribution in [3.05, 3.63) is 35.1 Å². The molecule has 0 amide bonds. The third kappa shape index (κ3) is 4.52. The van der Waals surface area contributed by atoms with Crippen LogP contribution in [0.15, 0.2) is 28.8 Å². The van der Waals surface area contributed by atoms with Crippen LogP contribution in [0.1, 0.15) is 25.6 Å². The summed E-state index contributed by atoms with van der Waals surface area (Å²) in [6.45, 7) is 4.34. The van der Waals surface area contributed by atoms with E-state index in [4.69, 9.17) is 21.2 Å². The van der Waals surface area contributed by atoms with Crippen molar-refractivity contribution in [2.75, 3.05) is 19.7 Å². The van der Waals surface area contributed by atoms with Gasteiger partial charge in [-0.2, -0.15) is 4.98 Å². The highest BCUT2D eigenvalue weighted by Gasteiger charge is 2.14. The third-order valence-corrected chi connectivity index (χ3v) is 3.51. The maximum absolute atomic E-state index is 9.11. The van der Waals surface area contributed by atoms with E-state index in [1.807, 2.05) is 18.2 Å². The highest BCUT2D eigenvalue weighted by Crippen LogP contribution is 2.25. The first kappa shape index (κ1) is 15.9. The Morgan fingerprint density at radius 1 is 1.29 bits per heavy atom. The maximum Gasteiger partial charge on any atom is 0.259 e. The number of hydrogen-bond donors (Lipinski definition) is 1. The Labute approximate surface area is 129 Å². The van der Waals surface area contributed by atoms with Crippen LogP contribution in [0.5, 0.6) is 0 Å². The molecule has 0 spiro atoms. The van der Waals surface area contributed by atoms with E-state index >= 15 is 0 Å².